The molecule has 2 amide bonds. The summed E-state index contributed by atoms with van der Waals surface area (Å²) in [5, 5.41) is 2.30. The number of rotatable bonds is 5. The second-order valence-corrected chi connectivity index (χ2v) is 3.00. The van der Waals surface area contributed by atoms with Gasteiger partial charge in [-0.25, -0.2) is 0 Å². The first-order valence-electron chi connectivity index (χ1n) is 4.37. The molecule has 0 saturated heterocycles. The number of hydrogen-bond acceptors (Lipinski definition) is 3. The first kappa shape index (κ1) is 14.7. The minimum atomic E-state index is -4.96. The van der Waals surface area contributed by atoms with Gasteiger partial charge in [-0.2, -0.15) is 13.2 Å². The van der Waals surface area contributed by atoms with Gasteiger partial charge < -0.3 is 15.0 Å². The van der Waals surface area contributed by atoms with Crippen molar-refractivity contribution in [1.29, 1.82) is 0 Å². The molecule has 8 heteroatoms. The van der Waals surface area contributed by atoms with Crippen molar-refractivity contribution in [3.05, 3.63) is 0 Å². The molecule has 0 spiro atoms. The predicted octanol–water partition coefficient (Wildman–Crippen LogP) is -0.230. The van der Waals surface area contributed by atoms with Crippen molar-refractivity contribution in [2.24, 2.45) is 0 Å². The number of ether oxygens (including phenoxy) is 1. The normalized spacial score (nSPS) is 11.1. The summed E-state index contributed by atoms with van der Waals surface area (Å²) in [4.78, 5) is 22.0. The number of nitrogens with one attached hydrogen (secondary N) is 1. The second kappa shape index (κ2) is 6.31. The van der Waals surface area contributed by atoms with Crippen LogP contribution in [-0.4, -0.2) is 56.7 Å². The number of halogens is 3. The van der Waals surface area contributed by atoms with Gasteiger partial charge in [0.1, 0.15) is 0 Å². The fraction of sp³-hybridized carbons (Fsp3) is 0.750. The molecule has 16 heavy (non-hydrogen) atoms. The van der Waals surface area contributed by atoms with Gasteiger partial charge in [-0.15, -0.1) is 0 Å². The van der Waals surface area contributed by atoms with Crippen LogP contribution in [0.1, 0.15) is 0 Å². The zero-order valence-corrected chi connectivity index (χ0v) is 8.93. The number of carbonyl (C=O) groups excluding carboxylic acids is 2. The Kier molecular flexibility index (Phi) is 5.79. The number of methoxy groups -OCH3 is 1. The smallest absolute Gasteiger partial charge is 0.383 e. The largest absolute Gasteiger partial charge is 0.471 e. The lowest BCUT2D eigenvalue weighted by atomic mass is 10.4. The SMILES string of the molecule is COCCNC(=O)CN(C)C(=O)C(F)(F)F. The Labute approximate surface area is 90.5 Å². The molecule has 0 aliphatic heterocycles. The summed E-state index contributed by atoms with van der Waals surface area (Å²) in [6.07, 6.45) is -4.96. The fourth-order valence-corrected chi connectivity index (χ4v) is 0.852. The van der Waals surface area contributed by atoms with E-state index in [1.165, 1.54) is 7.11 Å². The number of carbonyl (C=O) groups is 2. The Balaban J connectivity index is 4.00. The zero-order valence-electron chi connectivity index (χ0n) is 8.93. The van der Waals surface area contributed by atoms with Crippen molar-refractivity contribution in [2.45, 2.75) is 6.18 Å². The van der Waals surface area contributed by atoms with E-state index >= 15 is 0 Å². The molecule has 94 valence electrons. The molecule has 0 unspecified atom stereocenters. The maximum Gasteiger partial charge on any atom is 0.471 e. The van der Waals surface area contributed by atoms with Gasteiger partial charge >= 0.3 is 12.1 Å². The van der Waals surface area contributed by atoms with Crippen molar-refractivity contribution in [3.8, 4) is 0 Å². The van der Waals surface area contributed by atoms with E-state index < -0.39 is 24.5 Å². The van der Waals surface area contributed by atoms with E-state index in [4.69, 9.17) is 0 Å². The lowest BCUT2D eigenvalue weighted by molar-refractivity contribution is -0.184. The van der Waals surface area contributed by atoms with Crippen molar-refractivity contribution >= 4 is 11.8 Å². The monoisotopic (exact) mass is 242 g/mol. The van der Waals surface area contributed by atoms with E-state index in [1.807, 2.05) is 0 Å². The summed E-state index contributed by atoms with van der Waals surface area (Å²) < 4.78 is 40.4. The van der Waals surface area contributed by atoms with Crippen molar-refractivity contribution in [2.75, 3.05) is 33.9 Å². The molecule has 0 saturated carbocycles. The highest BCUT2D eigenvalue weighted by atomic mass is 19.4. The van der Waals surface area contributed by atoms with Gasteiger partial charge in [-0.3, -0.25) is 9.59 Å². The van der Waals surface area contributed by atoms with Gasteiger partial charge in [-0.05, 0) is 0 Å². The number of nitrogens with zero attached hydrogens (tertiary/aromatic N) is 1. The van der Waals surface area contributed by atoms with Gasteiger partial charge in [0.2, 0.25) is 5.91 Å². The number of hydrogen-bond donors (Lipinski definition) is 1. The standard InChI is InChI=1S/C8H13F3N2O3/c1-13(7(15)8(9,10)11)5-6(14)12-3-4-16-2/h3-5H2,1-2H3,(H,12,14). The Morgan fingerprint density at radius 3 is 2.38 bits per heavy atom. The molecular weight excluding hydrogens is 229 g/mol. The Hall–Kier alpha value is -1.31. The molecule has 1 N–H and O–H groups in total. The van der Waals surface area contributed by atoms with Crippen molar-refractivity contribution < 1.29 is 27.5 Å². The summed E-state index contributed by atoms with van der Waals surface area (Å²) in [7, 11) is 2.33. The maximum absolute atomic E-state index is 11.9. The number of amides is 2. The van der Waals surface area contributed by atoms with Gasteiger partial charge in [0.15, 0.2) is 0 Å². The first-order valence-corrected chi connectivity index (χ1v) is 4.37. The number of likely N-dealkylation sites (N-methyl/N-ethyl adjacent to an activating group) is 1. The molecule has 0 rings (SSSR count). The van der Waals surface area contributed by atoms with E-state index in [2.05, 4.69) is 10.1 Å². The van der Waals surface area contributed by atoms with Gasteiger partial charge in [0.05, 0.1) is 13.2 Å². The summed E-state index contributed by atoms with van der Waals surface area (Å²) in [6.45, 7) is -0.200. The lowest BCUT2D eigenvalue weighted by Crippen LogP contribution is -2.44. The van der Waals surface area contributed by atoms with Crippen LogP contribution >= 0.6 is 0 Å². The molecule has 0 fully saturated rings. The van der Waals surface area contributed by atoms with Gasteiger partial charge in [-0.1, -0.05) is 0 Å². The second-order valence-electron chi connectivity index (χ2n) is 3.00. The average molecular weight is 242 g/mol. The van der Waals surface area contributed by atoms with E-state index in [9.17, 15) is 22.8 Å². The van der Waals surface area contributed by atoms with Crippen LogP contribution in [-0.2, 0) is 14.3 Å². The van der Waals surface area contributed by atoms with E-state index in [0.29, 0.717) is 4.90 Å². The summed E-state index contributed by atoms with van der Waals surface area (Å²) in [5.41, 5.74) is 0. The molecule has 0 aromatic rings. The minimum absolute atomic E-state index is 0.184. The van der Waals surface area contributed by atoms with Crippen molar-refractivity contribution in [3.63, 3.8) is 0 Å². The highest BCUT2D eigenvalue weighted by Crippen LogP contribution is 2.17. The highest BCUT2D eigenvalue weighted by Gasteiger charge is 2.41. The van der Waals surface area contributed by atoms with Crippen molar-refractivity contribution in [1.82, 2.24) is 10.2 Å². The highest BCUT2D eigenvalue weighted by molar-refractivity contribution is 5.87. The van der Waals surface area contributed by atoms with Crippen LogP contribution in [0.4, 0.5) is 13.2 Å². The molecule has 0 aliphatic carbocycles. The van der Waals surface area contributed by atoms with Crippen LogP contribution in [0.15, 0.2) is 0 Å². The summed E-state index contributed by atoms with van der Waals surface area (Å²) in [6, 6.07) is 0. The fourth-order valence-electron chi connectivity index (χ4n) is 0.852. The Bertz CT molecular complexity index is 255. The van der Waals surface area contributed by atoms with E-state index in [-0.39, 0.29) is 13.2 Å². The third kappa shape index (κ3) is 5.54. The van der Waals surface area contributed by atoms with Crippen LogP contribution in [0.3, 0.4) is 0 Å². The molecule has 0 aromatic carbocycles. The minimum Gasteiger partial charge on any atom is -0.383 e. The first-order chi connectivity index (χ1) is 7.29. The quantitative estimate of drug-likeness (QED) is 0.677. The molecule has 0 heterocycles. The van der Waals surface area contributed by atoms with E-state index in [1.54, 1.807) is 0 Å². The Morgan fingerprint density at radius 1 is 1.38 bits per heavy atom. The van der Waals surface area contributed by atoms with Crippen LogP contribution in [0.25, 0.3) is 0 Å². The van der Waals surface area contributed by atoms with Crippen LogP contribution in [0.5, 0.6) is 0 Å². The average Bonchev–Trinajstić information content (AvgIpc) is 2.15. The third-order valence-corrected chi connectivity index (χ3v) is 1.60. The third-order valence-electron chi connectivity index (χ3n) is 1.60. The maximum atomic E-state index is 11.9. The zero-order chi connectivity index (χ0) is 12.8. The molecule has 0 radical (unpaired) electrons. The summed E-state index contributed by atoms with van der Waals surface area (Å²) >= 11 is 0. The predicted molar refractivity (Wildman–Crippen MR) is 48.6 cm³/mol. The lowest BCUT2D eigenvalue weighted by Gasteiger charge is -2.17. The molecule has 0 bridgehead atoms. The summed E-state index contributed by atoms with van der Waals surface area (Å²) in [5.74, 6) is -2.72. The molecule has 5 nitrogen and oxygen atoms in total. The van der Waals surface area contributed by atoms with Gasteiger partial charge in [0, 0.05) is 20.7 Å². The van der Waals surface area contributed by atoms with Crippen LogP contribution < -0.4 is 5.32 Å². The Morgan fingerprint density at radius 2 is 1.94 bits per heavy atom. The molecule has 0 atom stereocenters. The van der Waals surface area contributed by atoms with Gasteiger partial charge in [0.25, 0.3) is 0 Å². The molecule has 0 aromatic heterocycles. The molecular formula is C8H13F3N2O3. The topological polar surface area (TPSA) is 58.6 Å². The number of alkyl halides is 3. The molecule has 0 aliphatic rings. The van der Waals surface area contributed by atoms with Crippen LogP contribution in [0.2, 0.25) is 0 Å². The van der Waals surface area contributed by atoms with Crippen LogP contribution in [0, 0.1) is 0 Å². The van der Waals surface area contributed by atoms with E-state index in [0.717, 1.165) is 7.05 Å².